The van der Waals surface area contributed by atoms with Crippen molar-refractivity contribution in [1.29, 1.82) is 0 Å². The van der Waals surface area contributed by atoms with Crippen LogP contribution in [-0.4, -0.2) is 29.2 Å². The highest BCUT2D eigenvalue weighted by atomic mass is 16.7. The Morgan fingerprint density at radius 3 is 2.52 bits per heavy atom. The van der Waals surface area contributed by atoms with Crippen LogP contribution < -0.4 is 0 Å². The molecular formula is C18H30O3. The van der Waals surface area contributed by atoms with Crippen LogP contribution in [0.2, 0.25) is 0 Å². The van der Waals surface area contributed by atoms with Crippen molar-refractivity contribution in [2.75, 3.05) is 0 Å². The Morgan fingerprint density at radius 1 is 1.19 bits per heavy atom. The summed E-state index contributed by atoms with van der Waals surface area (Å²) in [7, 11) is 0. The zero-order valence-electron chi connectivity index (χ0n) is 13.7. The molecule has 0 aromatic heterocycles. The lowest BCUT2D eigenvalue weighted by molar-refractivity contribution is -0.146. The second kappa shape index (κ2) is 9.25. The van der Waals surface area contributed by atoms with Gasteiger partial charge in [-0.15, -0.1) is 0 Å². The molecule has 1 aliphatic rings. The van der Waals surface area contributed by atoms with Crippen LogP contribution >= 0.6 is 0 Å². The molecule has 2 unspecified atom stereocenters. The molecule has 1 aliphatic heterocycles. The third kappa shape index (κ3) is 7.13. The number of aliphatic hydroxyl groups is 1. The van der Waals surface area contributed by atoms with E-state index in [-0.39, 0.29) is 12.2 Å². The van der Waals surface area contributed by atoms with Gasteiger partial charge in [0, 0.05) is 6.42 Å². The molecule has 0 aliphatic carbocycles. The third-order valence-corrected chi connectivity index (χ3v) is 3.65. The largest absolute Gasteiger partial charge is 0.377 e. The van der Waals surface area contributed by atoms with Gasteiger partial charge in [0.1, 0.15) is 6.10 Å². The maximum atomic E-state index is 9.36. The first kappa shape index (κ1) is 18.2. The summed E-state index contributed by atoms with van der Waals surface area (Å²) in [5, 5.41) is 9.36. The maximum absolute atomic E-state index is 9.36. The number of aliphatic hydroxyl groups excluding tert-OH is 1. The van der Waals surface area contributed by atoms with Crippen molar-refractivity contribution >= 4 is 0 Å². The second-order valence-corrected chi connectivity index (χ2v) is 6.12. The molecule has 0 amide bonds. The topological polar surface area (TPSA) is 38.7 Å². The van der Waals surface area contributed by atoms with Crippen LogP contribution in [0.25, 0.3) is 0 Å². The molecule has 3 atom stereocenters. The summed E-state index contributed by atoms with van der Waals surface area (Å²) in [5.74, 6) is 5.19. The van der Waals surface area contributed by atoms with Crippen molar-refractivity contribution in [3.05, 3.63) is 12.7 Å². The molecule has 0 saturated carbocycles. The average molecular weight is 294 g/mol. The lowest BCUT2D eigenvalue weighted by Gasteiger charge is -2.16. The minimum atomic E-state index is -0.757. The Labute approximate surface area is 129 Å². The van der Waals surface area contributed by atoms with Gasteiger partial charge < -0.3 is 14.6 Å². The van der Waals surface area contributed by atoms with Crippen molar-refractivity contribution < 1.29 is 14.6 Å². The predicted octanol–water partition coefficient (Wildman–Crippen LogP) is 3.81. The molecule has 0 spiro atoms. The van der Waals surface area contributed by atoms with E-state index in [0.29, 0.717) is 6.42 Å². The van der Waals surface area contributed by atoms with Crippen LogP contribution in [-0.2, 0) is 9.47 Å². The molecule has 1 N–H and O–H groups in total. The van der Waals surface area contributed by atoms with Gasteiger partial charge in [-0.1, -0.05) is 63.5 Å². The van der Waals surface area contributed by atoms with Gasteiger partial charge in [-0.25, -0.2) is 0 Å². The number of rotatable bonds is 8. The Balaban J connectivity index is 2.42. The van der Waals surface area contributed by atoms with Gasteiger partial charge in [0.15, 0.2) is 5.79 Å². The van der Waals surface area contributed by atoms with E-state index >= 15 is 0 Å². The summed E-state index contributed by atoms with van der Waals surface area (Å²) in [4.78, 5) is 0. The Bertz CT molecular complexity index is 364. The summed E-state index contributed by atoms with van der Waals surface area (Å²) in [5.41, 5.74) is 0. The van der Waals surface area contributed by atoms with Crippen LogP contribution in [0.4, 0.5) is 0 Å². The van der Waals surface area contributed by atoms with Crippen LogP contribution in [0, 0.1) is 11.8 Å². The van der Waals surface area contributed by atoms with Crippen LogP contribution in [0.3, 0.4) is 0 Å². The standard InChI is InChI=1S/C18H30O3/c1-5-7-8-9-10-13-16-17(21-18(3,4)20-16)14-11-12-15(19)6-2/h6,15-17,19H,2,5,7-10,13-14H2,1,3-4H3/t15?,16?,17-/m1/s1. The van der Waals surface area contributed by atoms with E-state index in [1.807, 2.05) is 13.8 Å². The first-order valence-corrected chi connectivity index (χ1v) is 8.13. The fourth-order valence-corrected chi connectivity index (χ4v) is 2.60. The zero-order chi connectivity index (χ0) is 15.7. The fraction of sp³-hybridized carbons (Fsp3) is 0.778. The lowest BCUT2D eigenvalue weighted by atomic mass is 10.0. The van der Waals surface area contributed by atoms with E-state index in [1.165, 1.54) is 38.2 Å². The molecule has 0 radical (unpaired) electrons. The first-order valence-electron chi connectivity index (χ1n) is 8.13. The minimum absolute atomic E-state index is 0.00399. The van der Waals surface area contributed by atoms with E-state index in [1.54, 1.807) is 0 Å². The summed E-state index contributed by atoms with van der Waals surface area (Å²) in [6.07, 6.45) is 8.67. The van der Waals surface area contributed by atoms with Crippen molar-refractivity contribution in [2.24, 2.45) is 0 Å². The number of ether oxygens (including phenoxy) is 2. The van der Waals surface area contributed by atoms with E-state index < -0.39 is 11.9 Å². The molecule has 0 aromatic rings. The van der Waals surface area contributed by atoms with Crippen molar-refractivity contribution in [1.82, 2.24) is 0 Å². The average Bonchev–Trinajstić information content (AvgIpc) is 2.73. The molecule has 1 heterocycles. The molecule has 0 bridgehead atoms. The summed E-state index contributed by atoms with van der Waals surface area (Å²) < 4.78 is 11.9. The fourth-order valence-electron chi connectivity index (χ4n) is 2.60. The monoisotopic (exact) mass is 294 g/mol. The number of hydrogen-bond donors (Lipinski definition) is 1. The van der Waals surface area contributed by atoms with E-state index in [2.05, 4.69) is 25.3 Å². The summed E-state index contributed by atoms with van der Waals surface area (Å²) in [6.45, 7) is 9.63. The number of hydrogen-bond acceptors (Lipinski definition) is 3. The van der Waals surface area contributed by atoms with E-state index in [4.69, 9.17) is 9.47 Å². The first-order chi connectivity index (χ1) is 9.98. The second-order valence-electron chi connectivity index (χ2n) is 6.12. The smallest absolute Gasteiger partial charge is 0.163 e. The molecule has 1 fully saturated rings. The van der Waals surface area contributed by atoms with Crippen LogP contribution in [0.1, 0.15) is 65.7 Å². The molecular weight excluding hydrogens is 264 g/mol. The third-order valence-electron chi connectivity index (χ3n) is 3.65. The Kier molecular flexibility index (Phi) is 8.03. The highest BCUT2D eigenvalue weighted by Gasteiger charge is 2.40. The van der Waals surface area contributed by atoms with Gasteiger partial charge in [-0.05, 0) is 20.3 Å². The van der Waals surface area contributed by atoms with Crippen molar-refractivity contribution in [3.8, 4) is 11.8 Å². The molecule has 3 heteroatoms. The Hall–Kier alpha value is -0.820. The van der Waals surface area contributed by atoms with Crippen LogP contribution in [0.15, 0.2) is 12.7 Å². The molecule has 1 saturated heterocycles. The maximum Gasteiger partial charge on any atom is 0.163 e. The number of unbranched alkanes of at least 4 members (excludes halogenated alkanes) is 4. The quantitative estimate of drug-likeness (QED) is 0.420. The molecule has 21 heavy (non-hydrogen) atoms. The van der Waals surface area contributed by atoms with Gasteiger partial charge in [-0.3, -0.25) is 0 Å². The van der Waals surface area contributed by atoms with Gasteiger partial charge in [0.2, 0.25) is 0 Å². The normalized spacial score (nSPS) is 25.1. The Morgan fingerprint density at radius 2 is 1.86 bits per heavy atom. The van der Waals surface area contributed by atoms with E-state index in [0.717, 1.165) is 6.42 Å². The van der Waals surface area contributed by atoms with Gasteiger partial charge in [0.05, 0.1) is 12.2 Å². The highest BCUT2D eigenvalue weighted by Crippen LogP contribution is 2.32. The van der Waals surface area contributed by atoms with Crippen LogP contribution in [0.5, 0.6) is 0 Å². The van der Waals surface area contributed by atoms with E-state index in [9.17, 15) is 5.11 Å². The van der Waals surface area contributed by atoms with Gasteiger partial charge in [-0.2, -0.15) is 0 Å². The van der Waals surface area contributed by atoms with Gasteiger partial charge >= 0.3 is 0 Å². The molecule has 3 nitrogen and oxygen atoms in total. The predicted molar refractivity (Wildman–Crippen MR) is 85.8 cm³/mol. The summed E-state index contributed by atoms with van der Waals surface area (Å²) >= 11 is 0. The molecule has 0 aromatic carbocycles. The molecule has 1 rings (SSSR count). The van der Waals surface area contributed by atoms with Crippen molar-refractivity contribution in [3.63, 3.8) is 0 Å². The summed E-state index contributed by atoms with van der Waals surface area (Å²) in [6, 6.07) is 0. The SMILES string of the molecule is C=CC(O)C#CC[C@H]1OC(C)(C)OC1CCCCCCC. The zero-order valence-corrected chi connectivity index (χ0v) is 13.7. The molecule has 120 valence electrons. The van der Waals surface area contributed by atoms with Gasteiger partial charge in [0.25, 0.3) is 0 Å². The highest BCUT2D eigenvalue weighted by molar-refractivity contribution is 5.11. The van der Waals surface area contributed by atoms with Crippen molar-refractivity contribution in [2.45, 2.75) is 89.8 Å². The lowest BCUT2D eigenvalue weighted by Crippen LogP contribution is -2.22. The minimum Gasteiger partial charge on any atom is -0.377 e.